The molecule has 0 aliphatic carbocycles. The molecule has 2 aromatic rings. The van der Waals surface area contributed by atoms with Gasteiger partial charge < -0.3 is 10.2 Å². The van der Waals surface area contributed by atoms with Gasteiger partial charge in [-0.05, 0) is 35.9 Å². The van der Waals surface area contributed by atoms with Gasteiger partial charge in [-0.1, -0.05) is 12.1 Å². The number of likely N-dealkylation sites (tertiary alicyclic amines) is 1. The van der Waals surface area contributed by atoms with Crippen LogP contribution < -0.4 is 5.32 Å². The third-order valence-corrected chi connectivity index (χ3v) is 4.93. The number of aromatic nitrogens is 1. The van der Waals surface area contributed by atoms with Gasteiger partial charge in [0.15, 0.2) is 0 Å². The van der Waals surface area contributed by atoms with E-state index in [9.17, 15) is 9.59 Å². The molecule has 2 aromatic heterocycles. The van der Waals surface area contributed by atoms with Crippen LogP contribution in [0.4, 0.5) is 0 Å². The molecule has 0 bridgehead atoms. The van der Waals surface area contributed by atoms with E-state index < -0.39 is 0 Å². The zero-order valence-electron chi connectivity index (χ0n) is 12.8. The van der Waals surface area contributed by atoms with E-state index in [2.05, 4.69) is 10.3 Å². The molecule has 120 valence electrons. The van der Waals surface area contributed by atoms with Crippen LogP contribution >= 0.6 is 11.3 Å². The van der Waals surface area contributed by atoms with E-state index in [1.54, 1.807) is 12.4 Å². The molecule has 2 amide bonds. The molecule has 3 heterocycles. The smallest absolute Gasteiger partial charge is 0.263 e. The average molecular weight is 329 g/mol. The van der Waals surface area contributed by atoms with Crippen molar-refractivity contribution >= 4 is 23.2 Å². The van der Waals surface area contributed by atoms with Gasteiger partial charge in [0.05, 0.1) is 4.88 Å². The molecule has 1 aliphatic rings. The van der Waals surface area contributed by atoms with Crippen LogP contribution in [0, 0.1) is 5.92 Å². The summed E-state index contributed by atoms with van der Waals surface area (Å²) in [5, 5.41) is 4.87. The van der Waals surface area contributed by atoms with Gasteiger partial charge in [0.25, 0.3) is 5.91 Å². The summed E-state index contributed by atoms with van der Waals surface area (Å²) in [6.07, 6.45) is 4.90. The van der Waals surface area contributed by atoms with Crippen molar-refractivity contribution in [2.45, 2.75) is 19.4 Å². The average Bonchev–Trinajstić information content (AvgIpc) is 3.15. The number of pyridine rings is 1. The third kappa shape index (κ3) is 3.96. The number of piperidine rings is 1. The van der Waals surface area contributed by atoms with Crippen molar-refractivity contribution in [1.29, 1.82) is 0 Å². The van der Waals surface area contributed by atoms with Crippen molar-refractivity contribution in [3.05, 3.63) is 52.5 Å². The third-order valence-electron chi connectivity index (χ3n) is 4.07. The number of carbonyl (C=O) groups is 2. The standard InChI is InChI=1S/C17H19N3O2S/c21-16(19-12-13-3-1-7-18-11-13)14-5-8-20(9-6-14)17(22)15-4-2-10-23-15/h1-4,7,10-11,14H,5-6,8-9,12H2,(H,19,21). The Labute approximate surface area is 139 Å². The second-order valence-electron chi connectivity index (χ2n) is 5.62. The molecule has 23 heavy (non-hydrogen) atoms. The summed E-state index contributed by atoms with van der Waals surface area (Å²) in [7, 11) is 0. The van der Waals surface area contributed by atoms with Gasteiger partial charge in [0.1, 0.15) is 0 Å². The molecule has 1 saturated heterocycles. The molecule has 5 nitrogen and oxygen atoms in total. The molecule has 1 aliphatic heterocycles. The minimum Gasteiger partial charge on any atom is -0.352 e. The van der Waals surface area contributed by atoms with Crippen molar-refractivity contribution in [3.8, 4) is 0 Å². The molecule has 0 saturated carbocycles. The number of thiophene rings is 1. The van der Waals surface area contributed by atoms with E-state index in [4.69, 9.17) is 0 Å². The summed E-state index contributed by atoms with van der Waals surface area (Å²) in [5.74, 6) is 0.130. The predicted octanol–water partition coefficient (Wildman–Crippen LogP) is 2.31. The van der Waals surface area contributed by atoms with Crippen LogP contribution in [-0.4, -0.2) is 34.8 Å². The van der Waals surface area contributed by atoms with Gasteiger partial charge in [-0.15, -0.1) is 11.3 Å². The highest BCUT2D eigenvalue weighted by Gasteiger charge is 2.27. The molecule has 3 rings (SSSR count). The van der Waals surface area contributed by atoms with E-state index in [0.717, 1.165) is 23.3 Å². The molecule has 6 heteroatoms. The summed E-state index contributed by atoms with van der Waals surface area (Å²) in [6.45, 7) is 1.78. The first kappa shape index (κ1) is 15.7. The Bertz CT molecular complexity index is 650. The number of nitrogens with zero attached hydrogens (tertiary/aromatic N) is 2. The number of amides is 2. The minimum absolute atomic E-state index is 0.0148. The van der Waals surface area contributed by atoms with Crippen LogP contribution in [0.25, 0.3) is 0 Å². The van der Waals surface area contributed by atoms with Crippen molar-refractivity contribution in [1.82, 2.24) is 15.2 Å². The van der Waals surface area contributed by atoms with Crippen LogP contribution in [0.5, 0.6) is 0 Å². The molecular formula is C17H19N3O2S. The zero-order chi connectivity index (χ0) is 16.1. The van der Waals surface area contributed by atoms with E-state index in [-0.39, 0.29) is 17.7 Å². The lowest BCUT2D eigenvalue weighted by Gasteiger charge is -2.31. The van der Waals surface area contributed by atoms with Crippen molar-refractivity contribution in [2.75, 3.05) is 13.1 Å². The lowest BCUT2D eigenvalue weighted by Crippen LogP contribution is -2.42. The molecule has 0 unspecified atom stereocenters. The van der Waals surface area contributed by atoms with E-state index in [1.807, 2.05) is 34.5 Å². The maximum Gasteiger partial charge on any atom is 0.263 e. The summed E-state index contributed by atoms with van der Waals surface area (Å²) in [6, 6.07) is 7.53. The molecule has 1 N–H and O–H groups in total. The van der Waals surface area contributed by atoms with E-state index in [1.165, 1.54) is 11.3 Å². The van der Waals surface area contributed by atoms with Gasteiger partial charge in [0.2, 0.25) is 5.91 Å². The van der Waals surface area contributed by atoms with E-state index >= 15 is 0 Å². The Morgan fingerprint density at radius 1 is 1.26 bits per heavy atom. The summed E-state index contributed by atoms with van der Waals surface area (Å²) in [4.78, 5) is 31.2. The molecule has 0 radical (unpaired) electrons. The fourth-order valence-corrected chi connectivity index (χ4v) is 3.43. The lowest BCUT2D eigenvalue weighted by atomic mass is 9.95. The summed E-state index contributed by atoms with van der Waals surface area (Å²) >= 11 is 1.46. The fraction of sp³-hybridized carbons (Fsp3) is 0.353. The lowest BCUT2D eigenvalue weighted by molar-refractivity contribution is -0.126. The second kappa shape index (κ2) is 7.37. The highest BCUT2D eigenvalue weighted by molar-refractivity contribution is 7.12. The Kier molecular flexibility index (Phi) is 5.02. The highest BCUT2D eigenvalue weighted by atomic mass is 32.1. The summed E-state index contributed by atoms with van der Waals surface area (Å²) in [5.41, 5.74) is 0.992. The fourth-order valence-electron chi connectivity index (χ4n) is 2.74. The Hall–Kier alpha value is -2.21. The topological polar surface area (TPSA) is 62.3 Å². The van der Waals surface area contributed by atoms with Crippen LogP contribution in [0.1, 0.15) is 28.1 Å². The first-order valence-corrected chi connectivity index (χ1v) is 8.61. The first-order chi connectivity index (χ1) is 11.2. The largest absolute Gasteiger partial charge is 0.352 e. The summed E-state index contributed by atoms with van der Waals surface area (Å²) < 4.78 is 0. The highest BCUT2D eigenvalue weighted by Crippen LogP contribution is 2.21. The van der Waals surface area contributed by atoms with Gasteiger partial charge in [-0.25, -0.2) is 0 Å². The van der Waals surface area contributed by atoms with Gasteiger partial charge in [0, 0.05) is 37.9 Å². The number of nitrogens with one attached hydrogen (secondary N) is 1. The molecule has 1 fully saturated rings. The van der Waals surface area contributed by atoms with Gasteiger partial charge >= 0.3 is 0 Å². The monoisotopic (exact) mass is 329 g/mol. The Balaban J connectivity index is 1.47. The Morgan fingerprint density at radius 3 is 2.74 bits per heavy atom. The normalized spacial score (nSPS) is 15.4. The molecular weight excluding hydrogens is 310 g/mol. The van der Waals surface area contributed by atoms with E-state index in [0.29, 0.717) is 19.6 Å². The predicted molar refractivity (Wildman–Crippen MR) is 89.0 cm³/mol. The van der Waals surface area contributed by atoms with Crippen molar-refractivity contribution in [3.63, 3.8) is 0 Å². The quantitative estimate of drug-likeness (QED) is 0.936. The maximum absolute atomic E-state index is 12.3. The van der Waals surface area contributed by atoms with Crippen LogP contribution in [0.2, 0.25) is 0 Å². The van der Waals surface area contributed by atoms with Gasteiger partial charge in [-0.2, -0.15) is 0 Å². The van der Waals surface area contributed by atoms with Crippen LogP contribution in [0.3, 0.4) is 0 Å². The Morgan fingerprint density at radius 2 is 2.09 bits per heavy atom. The number of hydrogen-bond donors (Lipinski definition) is 1. The maximum atomic E-state index is 12.3. The number of carbonyl (C=O) groups excluding carboxylic acids is 2. The SMILES string of the molecule is O=C(NCc1cccnc1)C1CCN(C(=O)c2cccs2)CC1. The minimum atomic E-state index is -0.0148. The number of rotatable bonds is 4. The number of hydrogen-bond acceptors (Lipinski definition) is 4. The van der Waals surface area contributed by atoms with Crippen molar-refractivity contribution in [2.24, 2.45) is 5.92 Å². The van der Waals surface area contributed by atoms with Crippen molar-refractivity contribution < 1.29 is 9.59 Å². The first-order valence-electron chi connectivity index (χ1n) is 7.73. The second-order valence-corrected chi connectivity index (χ2v) is 6.57. The zero-order valence-corrected chi connectivity index (χ0v) is 13.6. The molecule has 0 atom stereocenters. The molecule has 0 spiro atoms. The van der Waals surface area contributed by atoms with Crippen LogP contribution in [0.15, 0.2) is 42.0 Å². The van der Waals surface area contributed by atoms with Crippen LogP contribution in [-0.2, 0) is 11.3 Å². The molecule has 0 aromatic carbocycles. The van der Waals surface area contributed by atoms with Gasteiger partial charge in [-0.3, -0.25) is 14.6 Å².